The van der Waals surface area contributed by atoms with Crippen molar-refractivity contribution in [3.63, 3.8) is 0 Å². The Morgan fingerprint density at radius 2 is 1.79 bits per heavy atom. The molecule has 0 aliphatic carbocycles. The van der Waals surface area contributed by atoms with Crippen molar-refractivity contribution < 1.29 is 8.42 Å². The van der Waals surface area contributed by atoms with E-state index >= 15 is 0 Å². The fraction of sp³-hybridized carbons (Fsp3) is 0.278. The van der Waals surface area contributed by atoms with Crippen LogP contribution in [0.25, 0.3) is 0 Å². The fourth-order valence-electron chi connectivity index (χ4n) is 3.03. The molecule has 3 aromatic rings. The topological polar surface area (TPSA) is 91.3 Å². The number of piperazine rings is 1. The maximum Gasteiger partial charge on any atom is 0.252 e. The minimum atomic E-state index is -3.50. The summed E-state index contributed by atoms with van der Waals surface area (Å²) in [4.78, 5) is 6.40. The van der Waals surface area contributed by atoms with Crippen molar-refractivity contribution in [2.45, 2.75) is 11.1 Å². The van der Waals surface area contributed by atoms with Crippen molar-refractivity contribution in [2.75, 3.05) is 36.4 Å². The molecule has 4 rings (SSSR count). The molecule has 1 N–H and O–H groups in total. The fourth-order valence-corrected chi connectivity index (χ4v) is 6.08. The molecular weight excluding hydrogens is 432 g/mol. The monoisotopic (exact) mass is 450 g/mol. The molecule has 29 heavy (non-hydrogen) atoms. The zero-order valence-corrected chi connectivity index (χ0v) is 18.0. The number of halogens is 1. The van der Waals surface area contributed by atoms with Crippen LogP contribution in [-0.2, 0) is 10.0 Å². The SMILES string of the molecule is Cc1cccc(Nc2ccc(N3CCN(S(=O)(=O)c4ccc(Cl)s4)CC3)nn2)n1. The Morgan fingerprint density at radius 1 is 1.00 bits per heavy atom. The second-order valence-electron chi connectivity index (χ2n) is 6.52. The normalized spacial score (nSPS) is 15.4. The Bertz CT molecular complexity index is 1100. The maximum absolute atomic E-state index is 12.7. The lowest BCUT2D eigenvalue weighted by Gasteiger charge is -2.34. The van der Waals surface area contributed by atoms with Gasteiger partial charge in [0.15, 0.2) is 11.6 Å². The van der Waals surface area contributed by atoms with E-state index in [1.54, 1.807) is 12.1 Å². The lowest BCUT2D eigenvalue weighted by Crippen LogP contribution is -2.48. The predicted molar refractivity (Wildman–Crippen MR) is 115 cm³/mol. The predicted octanol–water partition coefficient (Wildman–Crippen LogP) is 3.15. The van der Waals surface area contributed by atoms with Gasteiger partial charge in [0.1, 0.15) is 10.0 Å². The summed E-state index contributed by atoms with van der Waals surface area (Å²) in [5.74, 6) is 2.02. The molecule has 4 heterocycles. The lowest BCUT2D eigenvalue weighted by atomic mass is 10.3. The number of anilines is 3. The summed E-state index contributed by atoms with van der Waals surface area (Å²) in [6.45, 7) is 3.77. The summed E-state index contributed by atoms with van der Waals surface area (Å²) in [7, 11) is -3.50. The van der Waals surface area contributed by atoms with Crippen LogP contribution in [0.4, 0.5) is 17.5 Å². The van der Waals surface area contributed by atoms with E-state index in [-0.39, 0.29) is 4.21 Å². The van der Waals surface area contributed by atoms with Crippen LogP contribution in [0.5, 0.6) is 0 Å². The van der Waals surface area contributed by atoms with Gasteiger partial charge in [-0.1, -0.05) is 17.7 Å². The van der Waals surface area contributed by atoms with Gasteiger partial charge >= 0.3 is 0 Å². The standard InChI is InChI=1S/C18H19ClN6O2S2/c1-13-3-2-4-15(20-13)21-16-6-7-17(23-22-16)24-9-11-25(12-10-24)29(26,27)18-8-5-14(19)28-18/h2-8H,9-12H2,1H3,(H,20,21,22). The third-order valence-corrected chi connectivity index (χ3v) is 8.10. The third-order valence-electron chi connectivity index (χ3n) is 4.50. The number of aryl methyl sites for hydroxylation is 1. The van der Waals surface area contributed by atoms with Gasteiger partial charge in [0.2, 0.25) is 0 Å². The smallest absolute Gasteiger partial charge is 0.252 e. The number of nitrogens with zero attached hydrogens (tertiary/aromatic N) is 5. The second kappa shape index (κ2) is 8.23. The summed E-state index contributed by atoms with van der Waals surface area (Å²) in [5, 5.41) is 11.6. The van der Waals surface area contributed by atoms with Gasteiger partial charge in [0.05, 0.1) is 4.34 Å². The average molecular weight is 451 g/mol. The molecule has 1 saturated heterocycles. The van der Waals surface area contributed by atoms with Crippen LogP contribution in [-0.4, -0.2) is 54.1 Å². The van der Waals surface area contributed by atoms with Gasteiger partial charge in [-0.3, -0.25) is 0 Å². The largest absolute Gasteiger partial charge is 0.352 e. The van der Waals surface area contributed by atoms with Crippen LogP contribution < -0.4 is 10.2 Å². The van der Waals surface area contributed by atoms with E-state index in [0.29, 0.717) is 48.0 Å². The molecule has 152 valence electrons. The number of thiophene rings is 1. The zero-order chi connectivity index (χ0) is 20.4. The van der Waals surface area contributed by atoms with Gasteiger partial charge in [0.25, 0.3) is 10.0 Å². The van der Waals surface area contributed by atoms with E-state index in [0.717, 1.165) is 17.0 Å². The van der Waals surface area contributed by atoms with Crippen molar-refractivity contribution >= 4 is 50.4 Å². The summed E-state index contributed by atoms with van der Waals surface area (Å²) in [6.07, 6.45) is 0. The highest BCUT2D eigenvalue weighted by Crippen LogP contribution is 2.29. The highest BCUT2D eigenvalue weighted by molar-refractivity contribution is 7.91. The summed E-state index contributed by atoms with van der Waals surface area (Å²) in [5.41, 5.74) is 0.914. The first-order valence-electron chi connectivity index (χ1n) is 8.97. The summed E-state index contributed by atoms with van der Waals surface area (Å²) in [6, 6.07) is 12.6. The van der Waals surface area contributed by atoms with Crippen LogP contribution in [0.1, 0.15) is 5.69 Å². The maximum atomic E-state index is 12.7. The van der Waals surface area contributed by atoms with Crippen LogP contribution in [0.3, 0.4) is 0 Å². The summed E-state index contributed by atoms with van der Waals surface area (Å²) >= 11 is 6.96. The number of rotatable bonds is 5. The zero-order valence-electron chi connectivity index (χ0n) is 15.6. The Labute approximate surface area is 178 Å². The van der Waals surface area contributed by atoms with Crippen molar-refractivity contribution in [3.8, 4) is 0 Å². The molecule has 0 saturated carbocycles. The van der Waals surface area contributed by atoms with E-state index in [1.165, 1.54) is 4.31 Å². The minimum absolute atomic E-state index is 0.274. The van der Waals surface area contributed by atoms with Gasteiger partial charge in [-0.2, -0.15) is 4.31 Å². The molecule has 1 aliphatic rings. The molecule has 0 radical (unpaired) electrons. The van der Waals surface area contributed by atoms with E-state index < -0.39 is 10.0 Å². The average Bonchev–Trinajstić information content (AvgIpc) is 3.16. The highest BCUT2D eigenvalue weighted by Gasteiger charge is 2.30. The van der Waals surface area contributed by atoms with Crippen molar-refractivity contribution in [2.24, 2.45) is 0 Å². The quantitative estimate of drug-likeness (QED) is 0.638. The second-order valence-corrected chi connectivity index (χ2v) is 10.4. The Kier molecular flexibility index (Phi) is 5.68. The Morgan fingerprint density at radius 3 is 2.41 bits per heavy atom. The minimum Gasteiger partial charge on any atom is -0.352 e. The van der Waals surface area contributed by atoms with Crippen LogP contribution in [0.2, 0.25) is 4.34 Å². The molecule has 1 fully saturated rings. The molecule has 8 nitrogen and oxygen atoms in total. The highest BCUT2D eigenvalue weighted by atomic mass is 35.5. The Hall–Kier alpha value is -2.27. The molecule has 0 bridgehead atoms. The number of sulfonamides is 1. The molecule has 0 amide bonds. The first-order valence-corrected chi connectivity index (χ1v) is 11.6. The molecule has 0 atom stereocenters. The lowest BCUT2D eigenvalue weighted by molar-refractivity contribution is 0.384. The van der Waals surface area contributed by atoms with E-state index in [2.05, 4.69) is 20.5 Å². The number of aromatic nitrogens is 3. The molecular formula is C18H19ClN6O2S2. The van der Waals surface area contributed by atoms with Crippen LogP contribution in [0, 0.1) is 6.92 Å². The van der Waals surface area contributed by atoms with Gasteiger partial charge in [-0.15, -0.1) is 21.5 Å². The molecule has 0 spiro atoms. The molecule has 1 aliphatic heterocycles. The van der Waals surface area contributed by atoms with Gasteiger partial charge < -0.3 is 10.2 Å². The van der Waals surface area contributed by atoms with E-state index in [4.69, 9.17) is 11.6 Å². The van der Waals surface area contributed by atoms with E-state index in [9.17, 15) is 8.42 Å². The molecule has 0 unspecified atom stereocenters. The van der Waals surface area contributed by atoms with Crippen molar-refractivity contribution in [3.05, 3.63) is 52.5 Å². The number of pyridine rings is 1. The first-order chi connectivity index (χ1) is 13.9. The molecule has 3 aromatic heterocycles. The number of hydrogen-bond donors (Lipinski definition) is 1. The van der Waals surface area contributed by atoms with Gasteiger partial charge in [0, 0.05) is 31.9 Å². The van der Waals surface area contributed by atoms with Crippen LogP contribution in [0.15, 0.2) is 46.7 Å². The van der Waals surface area contributed by atoms with Gasteiger partial charge in [-0.05, 0) is 43.3 Å². The molecule has 0 aromatic carbocycles. The van der Waals surface area contributed by atoms with Gasteiger partial charge in [-0.25, -0.2) is 13.4 Å². The molecule has 11 heteroatoms. The van der Waals surface area contributed by atoms with E-state index in [1.807, 2.05) is 42.2 Å². The van der Waals surface area contributed by atoms with Crippen molar-refractivity contribution in [1.29, 1.82) is 0 Å². The van der Waals surface area contributed by atoms with Crippen LogP contribution >= 0.6 is 22.9 Å². The number of hydrogen-bond acceptors (Lipinski definition) is 8. The summed E-state index contributed by atoms with van der Waals surface area (Å²) < 4.78 is 27.6. The number of nitrogens with one attached hydrogen (secondary N) is 1. The van der Waals surface area contributed by atoms with Crippen molar-refractivity contribution in [1.82, 2.24) is 19.5 Å². The first kappa shape index (κ1) is 20.0. The third kappa shape index (κ3) is 4.50. The Balaban J connectivity index is 1.38.